The minimum absolute atomic E-state index is 0.869. The van der Waals surface area contributed by atoms with Crippen molar-refractivity contribution in [1.82, 2.24) is 0 Å². The SMILES string of the molecule is CCCC1CC=C(c2ccc(-c3ccc(C4=CCC(CC(C)CC)CC4)cc3)cc2)CC1. The first-order valence-electron chi connectivity index (χ1n) is 13.3. The Balaban J connectivity index is 1.37. The van der Waals surface area contributed by atoms with E-state index in [0.717, 1.165) is 17.8 Å². The summed E-state index contributed by atoms with van der Waals surface area (Å²) in [7, 11) is 0. The van der Waals surface area contributed by atoms with Gasteiger partial charge in [-0.25, -0.2) is 0 Å². The zero-order valence-corrected chi connectivity index (χ0v) is 20.6. The van der Waals surface area contributed by atoms with E-state index in [2.05, 4.69) is 81.5 Å². The van der Waals surface area contributed by atoms with Crippen LogP contribution in [0.25, 0.3) is 22.3 Å². The van der Waals surface area contributed by atoms with Gasteiger partial charge in [0.15, 0.2) is 0 Å². The zero-order chi connectivity index (χ0) is 22.3. The second-order valence-electron chi connectivity index (χ2n) is 10.4. The van der Waals surface area contributed by atoms with E-state index >= 15 is 0 Å². The molecule has 0 saturated heterocycles. The van der Waals surface area contributed by atoms with E-state index in [9.17, 15) is 0 Å². The van der Waals surface area contributed by atoms with Crippen LogP contribution < -0.4 is 0 Å². The second-order valence-corrected chi connectivity index (χ2v) is 10.4. The van der Waals surface area contributed by atoms with Crippen LogP contribution in [0.1, 0.15) is 96.1 Å². The van der Waals surface area contributed by atoms with Crippen molar-refractivity contribution in [3.05, 3.63) is 71.8 Å². The van der Waals surface area contributed by atoms with Crippen LogP contribution in [0.2, 0.25) is 0 Å². The van der Waals surface area contributed by atoms with Gasteiger partial charge in [0.2, 0.25) is 0 Å². The Labute approximate surface area is 196 Å². The minimum Gasteiger partial charge on any atom is -0.0804 e. The van der Waals surface area contributed by atoms with Crippen LogP contribution in [0, 0.1) is 17.8 Å². The first-order chi connectivity index (χ1) is 15.7. The molecule has 2 aliphatic rings. The number of benzene rings is 2. The van der Waals surface area contributed by atoms with Gasteiger partial charge in [-0.2, -0.15) is 0 Å². The van der Waals surface area contributed by atoms with Gasteiger partial charge in [-0.1, -0.05) is 101 Å². The molecule has 0 nitrogen and oxygen atoms in total. The van der Waals surface area contributed by atoms with Crippen molar-refractivity contribution in [3.8, 4) is 11.1 Å². The van der Waals surface area contributed by atoms with Crippen LogP contribution in [-0.2, 0) is 0 Å². The first-order valence-corrected chi connectivity index (χ1v) is 13.3. The molecule has 2 aliphatic carbocycles. The van der Waals surface area contributed by atoms with E-state index in [1.165, 1.54) is 86.5 Å². The van der Waals surface area contributed by atoms with E-state index < -0.39 is 0 Å². The molecule has 3 unspecified atom stereocenters. The average Bonchev–Trinajstić information content (AvgIpc) is 2.85. The molecule has 0 heteroatoms. The molecule has 0 aliphatic heterocycles. The van der Waals surface area contributed by atoms with Crippen LogP contribution in [0.5, 0.6) is 0 Å². The highest BCUT2D eigenvalue weighted by Gasteiger charge is 2.18. The molecule has 3 atom stereocenters. The third-order valence-corrected chi connectivity index (χ3v) is 8.01. The van der Waals surface area contributed by atoms with Gasteiger partial charge < -0.3 is 0 Å². The van der Waals surface area contributed by atoms with Crippen LogP contribution in [0.4, 0.5) is 0 Å². The summed E-state index contributed by atoms with van der Waals surface area (Å²) >= 11 is 0. The van der Waals surface area contributed by atoms with Crippen LogP contribution >= 0.6 is 0 Å². The van der Waals surface area contributed by atoms with Gasteiger partial charge in [-0.15, -0.1) is 0 Å². The van der Waals surface area contributed by atoms with Crippen LogP contribution in [0.3, 0.4) is 0 Å². The zero-order valence-electron chi connectivity index (χ0n) is 20.6. The topological polar surface area (TPSA) is 0 Å². The van der Waals surface area contributed by atoms with Gasteiger partial charge >= 0.3 is 0 Å². The van der Waals surface area contributed by atoms with E-state index in [1.807, 2.05) is 0 Å². The summed E-state index contributed by atoms with van der Waals surface area (Å²) in [6, 6.07) is 18.6. The van der Waals surface area contributed by atoms with Crippen molar-refractivity contribution in [1.29, 1.82) is 0 Å². The smallest absolute Gasteiger partial charge is 0.0184 e. The van der Waals surface area contributed by atoms with Gasteiger partial charge in [0, 0.05) is 0 Å². The molecule has 170 valence electrons. The predicted octanol–water partition coefficient (Wildman–Crippen LogP) is 9.96. The molecule has 32 heavy (non-hydrogen) atoms. The number of hydrogen-bond acceptors (Lipinski definition) is 0. The number of hydrogen-bond donors (Lipinski definition) is 0. The number of rotatable bonds is 8. The fraction of sp³-hybridized carbons (Fsp3) is 0.500. The molecule has 2 aromatic carbocycles. The molecule has 4 rings (SSSR count). The lowest BCUT2D eigenvalue weighted by Crippen LogP contribution is -2.09. The molecule has 0 fully saturated rings. The van der Waals surface area contributed by atoms with E-state index in [1.54, 1.807) is 11.1 Å². The number of allylic oxidation sites excluding steroid dienone is 4. The molecule has 0 bridgehead atoms. The van der Waals surface area contributed by atoms with Gasteiger partial charge in [-0.3, -0.25) is 0 Å². The van der Waals surface area contributed by atoms with Crippen molar-refractivity contribution in [2.45, 2.75) is 85.0 Å². The molecule has 0 N–H and O–H groups in total. The van der Waals surface area contributed by atoms with Crippen LogP contribution in [0.15, 0.2) is 60.7 Å². The third-order valence-electron chi connectivity index (χ3n) is 8.01. The van der Waals surface area contributed by atoms with Crippen molar-refractivity contribution in [2.24, 2.45) is 17.8 Å². The normalized spacial score (nSPS) is 22.2. The Morgan fingerprint density at radius 2 is 1.16 bits per heavy atom. The van der Waals surface area contributed by atoms with Gasteiger partial charge in [-0.05, 0) is 96.1 Å². The minimum atomic E-state index is 0.869. The third kappa shape index (κ3) is 5.83. The Kier molecular flexibility index (Phi) is 8.06. The molecular formula is C32H42. The Morgan fingerprint density at radius 1 is 0.688 bits per heavy atom. The summed E-state index contributed by atoms with van der Waals surface area (Å²) in [6.45, 7) is 7.03. The molecule has 0 saturated carbocycles. The maximum absolute atomic E-state index is 2.52. The molecule has 0 amide bonds. The van der Waals surface area contributed by atoms with Crippen molar-refractivity contribution in [2.75, 3.05) is 0 Å². The van der Waals surface area contributed by atoms with Crippen molar-refractivity contribution >= 4 is 11.1 Å². The van der Waals surface area contributed by atoms with Gasteiger partial charge in [0.1, 0.15) is 0 Å². The van der Waals surface area contributed by atoms with E-state index in [0.29, 0.717) is 0 Å². The molecule has 0 spiro atoms. The van der Waals surface area contributed by atoms with E-state index in [-0.39, 0.29) is 0 Å². The Hall–Kier alpha value is -2.08. The lowest BCUT2D eigenvalue weighted by atomic mass is 9.81. The standard InChI is InChI=1S/C32H42/c1-4-6-25-7-11-27(12-8-25)29-15-19-31(20-16-29)32-21-17-30(18-22-32)28-13-9-26(10-14-28)23-24(3)5-2/h11,13,15-22,24-26H,4-10,12,14,23H2,1-3H3. The summed E-state index contributed by atoms with van der Waals surface area (Å²) in [5.74, 6) is 2.67. The first kappa shape index (κ1) is 23.1. The van der Waals surface area contributed by atoms with Gasteiger partial charge in [0.25, 0.3) is 0 Å². The second kappa shape index (κ2) is 11.2. The fourth-order valence-corrected chi connectivity index (χ4v) is 5.68. The molecule has 0 aromatic heterocycles. The highest BCUT2D eigenvalue weighted by Crippen LogP contribution is 2.35. The summed E-state index contributed by atoms with van der Waals surface area (Å²) in [5.41, 5.74) is 8.59. The van der Waals surface area contributed by atoms with Gasteiger partial charge in [0.05, 0.1) is 0 Å². The summed E-state index contributed by atoms with van der Waals surface area (Å²) in [4.78, 5) is 0. The summed E-state index contributed by atoms with van der Waals surface area (Å²) < 4.78 is 0. The maximum Gasteiger partial charge on any atom is -0.0184 e. The van der Waals surface area contributed by atoms with Crippen LogP contribution in [-0.4, -0.2) is 0 Å². The van der Waals surface area contributed by atoms with Crippen molar-refractivity contribution < 1.29 is 0 Å². The quantitative estimate of drug-likeness (QED) is 0.394. The maximum atomic E-state index is 2.52. The molecule has 0 heterocycles. The van der Waals surface area contributed by atoms with Crippen molar-refractivity contribution in [3.63, 3.8) is 0 Å². The molecule has 2 aromatic rings. The van der Waals surface area contributed by atoms with E-state index in [4.69, 9.17) is 0 Å². The lowest BCUT2D eigenvalue weighted by Gasteiger charge is -2.24. The summed E-state index contributed by atoms with van der Waals surface area (Å²) in [5, 5.41) is 0. The molecule has 0 radical (unpaired) electrons. The summed E-state index contributed by atoms with van der Waals surface area (Å²) in [6.07, 6.45) is 18.1. The largest absolute Gasteiger partial charge is 0.0804 e. The highest BCUT2D eigenvalue weighted by atomic mass is 14.2. The average molecular weight is 427 g/mol. The Bertz CT molecular complexity index is 910. The lowest BCUT2D eigenvalue weighted by molar-refractivity contribution is 0.362. The predicted molar refractivity (Wildman–Crippen MR) is 141 cm³/mol. The Morgan fingerprint density at radius 3 is 1.56 bits per heavy atom. The fourth-order valence-electron chi connectivity index (χ4n) is 5.68. The highest BCUT2D eigenvalue weighted by molar-refractivity contribution is 5.73. The monoisotopic (exact) mass is 426 g/mol. The molecular weight excluding hydrogens is 384 g/mol.